The maximum atomic E-state index is 7.08. The molecule has 26 heavy (non-hydrogen) atoms. The molecule has 1 aliphatic heterocycles. The van der Waals surface area contributed by atoms with E-state index >= 15 is 0 Å². The molecule has 1 heterocycles. The van der Waals surface area contributed by atoms with Gasteiger partial charge in [-0.1, -0.05) is 81.4 Å². The minimum absolute atomic E-state index is 0.0475. The molecule has 0 aliphatic carbocycles. The molecule has 2 aromatic carbocycles. The first kappa shape index (κ1) is 19.3. The van der Waals surface area contributed by atoms with Crippen molar-refractivity contribution in [3.63, 3.8) is 0 Å². The highest BCUT2D eigenvalue weighted by Crippen LogP contribution is 2.38. The summed E-state index contributed by atoms with van der Waals surface area (Å²) in [5, 5.41) is 6.41. The Kier molecular flexibility index (Phi) is 5.43. The van der Waals surface area contributed by atoms with Crippen LogP contribution in [-0.4, -0.2) is 27.0 Å². The minimum Gasteiger partial charge on any atom is -0.407 e. The van der Waals surface area contributed by atoms with Crippen LogP contribution in [0.15, 0.2) is 60.7 Å². The van der Waals surface area contributed by atoms with Crippen molar-refractivity contribution in [3.8, 4) is 0 Å². The molecule has 3 rings (SSSR count). The Hall–Kier alpha value is -1.42. The molecule has 0 amide bonds. The Bertz CT molecular complexity index is 666. The average Bonchev–Trinajstić information content (AvgIpc) is 2.95. The zero-order valence-electron chi connectivity index (χ0n) is 16.9. The smallest absolute Gasteiger partial charge is 0.261 e. The monoisotopic (exact) mass is 367 g/mol. The summed E-state index contributed by atoms with van der Waals surface area (Å²) in [6.07, 6.45) is 1.19. The van der Waals surface area contributed by atoms with Gasteiger partial charge >= 0.3 is 0 Å². The van der Waals surface area contributed by atoms with Crippen LogP contribution in [0.3, 0.4) is 0 Å². The van der Waals surface area contributed by atoms with Gasteiger partial charge in [0.15, 0.2) is 0 Å². The first-order valence-electron chi connectivity index (χ1n) is 9.77. The number of hydrogen-bond acceptors (Lipinski definition) is 2. The molecule has 1 N–H and O–H groups in total. The minimum atomic E-state index is -2.41. The summed E-state index contributed by atoms with van der Waals surface area (Å²) in [4.78, 5) is 0. The van der Waals surface area contributed by atoms with Crippen LogP contribution in [0.25, 0.3) is 0 Å². The van der Waals surface area contributed by atoms with Crippen molar-refractivity contribution in [1.29, 1.82) is 0 Å². The Morgan fingerprint density at radius 3 is 1.85 bits per heavy atom. The first-order chi connectivity index (χ1) is 12.3. The molecule has 1 aliphatic rings. The summed E-state index contributed by atoms with van der Waals surface area (Å²) in [6, 6.07) is 21.9. The van der Waals surface area contributed by atoms with Gasteiger partial charge < -0.3 is 9.74 Å². The molecular formula is C23H33NOSi. The van der Waals surface area contributed by atoms with Crippen LogP contribution in [-0.2, 0) is 4.43 Å². The fraction of sp³-hybridized carbons (Fsp3) is 0.478. The molecule has 2 nitrogen and oxygen atoms in total. The molecule has 1 fully saturated rings. The topological polar surface area (TPSA) is 21.3 Å². The lowest BCUT2D eigenvalue weighted by atomic mass is 9.90. The van der Waals surface area contributed by atoms with Crippen LogP contribution in [0.4, 0.5) is 0 Å². The molecule has 1 atom stereocenters. The van der Waals surface area contributed by atoms with Gasteiger partial charge in [0, 0.05) is 12.1 Å². The predicted octanol–water partition coefficient (Wildman–Crippen LogP) is 3.95. The fourth-order valence-corrected chi connectivity index (χ4v) is 8.96. The van der Waals surface area contributed by atoms with Crippen molar-refractivity contribution < 1.29 is 4.43 Å². The first-order valence-corrected chi connectivity index (χ1v) is 11.7. The van der Waals surface area contributed by atoms with Crippen LogP contribution in [0.1, 0.15) is 41.0 Å². The number of benzene rings is 2. The van der Waals surface area contributed by atoms with Crippen LogP contribution >= 0.6 is 0 Å². The number of nitrogens with one attached hydrogen (secondary N) is 1. The summed E-state index contributed by atoms with van der Waals surface area (Å²) in [5.41, 5.74) is 0.144. The van der Waals surface area contributed by atoms with Gasteiger partial charge in [0.05, 0.1) is 0 Å². The average molecular weight is 368 g/mol. The van der Waals surface area contributed by atoms with E-state index in [1.165, 1.54) is 16.8 Å². The van der Waals surface area contributed by atoms with Crippen molar-refractivity contribution in [2.45, 2.75) is 51.6 Å². The van der Waals surface area contributed by atoms with Crippen LogP contribution in [0.2, 0.25) is 5.04 Å². The van der Waals surface area contributed by atoms with E-state index in [9.17, 15) is 0 Å². The summed E-state index contributed by atoms with van der Waals surface area (Å²) < 4.78 is 7.08. The van der Waals surface area contributed by atoms with E-state index in [-0.39, 0.29) is 10.6 Å². The van der Waals surface area contributed by atoms with Crippen molar-refractivity contribution in [1.82, 2.24) is 5.32 Å². The molecule has 140 valence electrons. The van der Waals surface area contributed by atoms with Gasteiger partial charge in [-0.3, -0.25) is 0 Å². The van der Waals surface area contributed by atoms with Gasteiger partial charge in [-0.05, 0) is 48.1 Å². The molecule has 3 heteroatoms. The van der Waals surface area contributed by atoms with E-state index < -0.39 is 8.32 Å². The van der Waals surface area contributed by atoms with Gasteiger partial charge in [-0.15, -0.1) is 0 Å². The van der Waals surface area contributed by atoms with Gasteiger partial charge in [-0.25, -0.2) is 0 Å². The molecule has 0 spiro atoms. The summed E-state index contributed by atoms with van der Waals surface area (Å²) in [6.45, 7) is 13.5. The van der Waals surface area contributed by atoms with Crippen LogP contribution in [0.5, 0.6) is 0 Å². The van der Waals surface area contributed by atoms with Crippen molar-refractivity contribution in [2.75, 3.05) is 13.2 Å². The Labute approximate surface area is 160 Å². The fourth-order valence-electron chi connectivity index (χ4n) is 4.35. The van der Waals surface area contributed by atoms with E-state index in [0.717, 1.165) is 13.2 Å². The van der Waals surface area contributed by atoms with Crippen molar-refractivity contribution in [2.24, 2.45) is 5.92 Å². The molecule has 0 bridgehead atoms. The highest BCUT2D eigenvalue weighted by atomic mass is 28.4. The van der Waals surface area contributed by atoms with Gasteiger partial charge in [0.25, 0.3) is 8.32 Å². The second-order valence-corrected chi connectivity index (χ2v) is 13.4. The van der Waals surface area contributed by atoms with Crippen LogP contribution < -0.4 is 15.7 Å². The van der Waals surface area contributed by atoms with E-state index in [4.69, 9.17) is 4.43 Å². The maximum absolute atomic E-state index is 7.08. The standard InChI is InChI=1S/C23H33NOSi/c1-22(2,3)26(20-12-8-6-9-13-20,21-14-10-7-11-15-21)25-18-19-16-17-24-23(19,4)5/h6-15,19,24H,16-18H2,1-5H3. The quantitative estimate of drug-likeness (QED) is 0.808. The second-order valence-electron chi connectivity index (χ2n) is 9.11. The maximum Gasteiger partial charge on any atom is 0.261 e. The number of rotatable bonds is 5. The van der Waals surface area contributed by atoms with Crippen molar-refractivity contribution >= 4 is 18.7 Å². The second kappa shape index (κ2) is 7.30. The highest BCUT2D eigenvalue weighted by Gasteiger charge is 2.51. The number of hydrogen-bond donors (Lipinski definition) is 1. The molecule has 0 aromatic heterocycles. The molecule has 2 aromatic rings. The lowest BCUT2D eigenvalue weighted by molar-refractivity contribution is 0.189. The van der Waals surface area contributed by atoms with E-state index in [1.54, 1.807) is 0 Å². The summed E-state index contributed by atoms with van der Waals surface area (Å²) >= 11 is 0. The van der Waals surface area contributed by atoms with E-state index in [1.807, 2.05) is 0 Å². The van der Waals surface area contributed by atoms with E-state index in [0.29, 0.717) is 5.92 Å². The normalized spacial score (nSPS) is 20.3. The Morgan fingerprint density at radius 2 is 1.46 bits per heavy atom. The summed E-state index contributed by atoms with van der Waals surface area (Å²) in [5.74, 6) is 0.546. The zero-order valence-corrected chi connectivity index (χ0v) is 17.9. The SMILES string of the molecule is CC1(C)NCCC1CO[Si](c1ccccc1)(c1ccccc1)C(C)(C)C. The van der Waals surface area contributed by atoms with Gasteiger partial charge in [-0.2, -0.15) is 0 Å². The molecule has 0 saturated carbocycles. The lowest BCUT2D eigenvalue weighted by Crippen LogP contribution is -2.67. The predicted molar refractivity (Wildman–Crippen MR) is 114 cm³/mol. The third-order valence-corrected chi connectivity index (χ3v) is 11.0. The summed E-state index contributed by atoms with van der Waals surface area (Å²) in [7, 11) is -2.41. The molecule has 1 saturated heterocycles. The highest BCUT2D eigenvalue weighted by molar-refractivity contribution is 6.99. The largest absolute Gasteiger partial charge is 0.407 e. The lowest BCUT2D eigenvalue weighted by Gasteiger charge is -2.44. The molecule has 1 unspecified atom stereocenters. The van der Waals surface area contributed by atoms with Gasteiger partial charge in [0.2, 0.25) is 0 Å². The zero-order chi connectivity index (χ0) is 18.8. The third-order valence-electron chi connectivity index (χ3n) is 6.01. The van der Waals surface area contributed by atoms with Gasteiger partial charge in [0.1, 0.15) is 0 Å². The Balaban J connectivity index is 2.06. The molecule has 0 radical (unpaired) electrons. The van der Waals surface area contributed by atoms with Crippen molar-refractivity contribution in [3.05, 3.63) is 60.7 Å². The van der Waals surface area contributed by atoms with Crippen LogP contribution in [0, 0.1) is 5.92 Å². The Morgan fingerprint density at radius 1 is 0.962 bits per heavy atom. The molecular weight excluding hydrogens is 334 g/mol. The third kappa shape index (κ3) is 3.53. The van der Waals surface area contributed by atoms with E-state index in [2.05, 4.69) is 101 Å².